The van der Waals surface area contributed by atoms with E-state index in [4.69, 9.17) is 0 Å². The van der Waals surface area contributed by atoms with E-state index in [1.165, 1.54) is 11.1 Å². The Labute approximate surface area is 256 Å². The zero-order valence-corrected chi connectivity index (χ0v) is 26.6. The summed E-state index contributed by atoms with van der Waals surface area (Å²) in [5.74, 6) is 0.970. The van der Waals surface area contributed by atoms with Crippen molar-refractivity contribution in [3.8, 4) is 0 Å². The Morgan fingerprint density at radius 1 is 0.929 bits per heavy atom. The predicted octanol–water partition coefficient (Wildman–Crippen LogP) is 8.53. The molecule has 224 valence electrons. The van der Waals surface area contributed by atoms with E-state index in [0.717, 1.165) is 63.5 Å². The second-order valence-corrected chi connectivity index (χ2v) is 12.2. The second kappa shape index (κ2) is 17.6. The lowest BCUT2D eigenvalue weighted by atomic mass is 9.92. The van der Waals surface area contributed by atoms with E-state index >= 15 is 0 Å². The van der Waals surface area contributed by atoms with Crippen molar-refractivity contribution in [1.82, 2.24) is 14.8 Å². The molecule has 0 aromatic carbocycles. The van der Waals surface area contributed by atoms with Crippen molar-refractivity contribution in [3.05, 3.63) is 127 Å². The van der Waals surface area contributed by atoms with Crippen LogP contribution in [-0.4, -0.2) is 53.2 Å². The largest absolute Gasteiger partial charge is 0.292 e. The average Bonchev–Trinajstić information content (AvgIpc) is 3.01. The molecule has 0 bridgehead atoms. The van der Waals surface area contributed by atoms with Crippen molar-refractivity contribution in [2.24, 2.45) is 22.2 Å². The van der Waals surface area contributed by atoms with Crippen LogP contribution in [0.5, 0.6) is 0 Å². The van der Waals surface area contributed by atoms with Gasteiger partial charge < -0.3 is 0 Å². The van der Waals surface area contributed by atoms with E-state index in [-0.39, 0.29) is 5.41 Å². The first kappa shape index (κ1) is 33.2. The highest BCUT2D eigenvalue weighted by Gasteiger charge is 2.19. The van der Waals surface area contributed by atoms with Gasteiger partial charge in [0.1, 0.15) is 0 Å². The van der Waals surface area contributed by atoms with Gasteiger partial charge in [0.25, 0.3) is 0 Å². The SMILES string of the molecule is C=CN=C(/C=C\C)CN(CCN(C/C1=C/C=C\C=C\CC1C)Cc1ccccn1)C/C1=C/C=C\C(C)(C)/C=C/CC1C. The van der Waals surface area contributed by atoms with Crippen LogP contribution in [0.25, 0.3) is 0 Å². The standard InChI is InChI=1S/C38H52N4/c1-7-17-36(39-8-2)30-41(29-35-21-16-24-38(5,6)23-15-19-33(35)4)26-27-42(31-37-22-13-14-25-40-37)28-34-20-12-10-9-11-18-32(34)3/h7-17,20-25,32-33H,2,18-19,26-31H2,1,3-6H3/b11-9+,12-10-,17-7-,23-15+,24-16-,34-20-,35-21-,39-36?. The lowest BCUT2D eigenvalue weighted by molar-refractivity contribution is 0.223. The summed E-state index contributed by atoms with van der Waals surface area (Å²) in [6.07, 6.45) is 32.5. The van der Waals surface area contributed by atoms with Gasteiger partial charge in [-0.05, 0) is 49.8 Å². The van der Waals surface area contributed by atoms with Gasteiger partial charge in [0.05, 0.1) is 11.4 Å². The zero-order chi connectivity index (χ0) is 30.2. The minimum atomic E-state index is 0.0703. The Hall–Kier alpha value is -3.34. The Morgan fingerprint density at radius 2 is 1.64 bits per heavy atom. The highest BCUT2D eigenvalue weighted by Crippen LogP contribution is 2.25. The van der Waals surface area contributed by atoms with Crippen LogP contribution in [0.15, 0.2) is 126 Å². The summed E-state index contributed by atoms with van der Waals surface area (Å²) >= 11 is 0. The van der Waals surface area contributed by atoms with Crippen molar-refractivity contribution in [3.63, 3.8) is 0 Å². The summed E-state index contributed by atoms with van der Waals surface area (Å²) in [6, 6.07) is 6.21. The smallest absolute Gasteiger partial charge is 0.0544 e. The number of pyridine rings is 1. The van der Waals surface area contributed by atoms with Gasteiger partial charge in [0.15, 0.2) is 0 Å². The molecule has 2 unspecified atom stereocenters. The average molecular weight is 565 g/mol. The third-order valence-electron chi connectivity index (χ3n) is 7.96. The van der Waals surface area contributed by atoms with Gasteiger partial charge in [-0.25, -0.2) is 0 Å². The Balaban J connectivity index is 1.86. The maximum absolute atomic E-state index is 4.67. The quantitative estimate of drug-likeness (QED) is 0.178. The number of hydrogen-bond donors (Lipinski definition) is 0. The molecule has 4 nitrogen and oxygen atoms in total. The highest BCUT2D eigenvalue weighted by molar-refractivity contribution is 5.96. The minimum absolute atomic E-state index is 0.0703. The molecule has 0 spiro atoms. The molecule has 0 N–H and O–H groups in total. The molecule has 2 aliphatic carbocycles. The monoisotopic (exact) mass is 564 g/mol. The molecule has 0 amide bonds. The van der Waals surface area contributed by atoms with E-state index in [1.54, 1.807) is 6.20 Å². The topological polar surface area (TPSA) is 31.7 Å². The van der Waals surface area contributed by atoms with Crippen molar-refractivity contribution >= 4 is 5.71 Å². The molecule has 1 aromatic rings. The van der Waals surface area contributed by atoms with E-state index in [0.29, 0.717) is 11.8 Å². The third-order valence-corrected chi connectivity index (χ3v) is 7.96. The van der Waals surface area contributed by atoms with Crippen molar-refractivity contribution in [2.75, 3.05) is 32.7 Å². The molecule has 3 rings (SSSR count). The molecule has 2 atom stereocenters. The Bertz CT molecular complexity index is 1220. The van der Waals surface area contributed by atoms with E-state index in [9.17, 15) is 0 Å². The van der Waals surface area contributed by atoms with Crippen molar-refractivity contribution in [1.29, 1.82) is 0 Å². The number of nitrogens with zero attached hydrogens (tertiary/aromatic N) is 4. The lowest BCUT2D eigenvalue weighted by Crippen LogP contribution is -2.40. The zero-order valence-electron chi connectivity index (χ0n) is 26.6. The molecule has 0 saturated heterocycles. The number of allylic oxidation sites excluding steroid dienone is 11. The van der Waals surface area contributed by atoms with Crippen molar-refractivity contribution in [2.45, 2.75) is 54.0 Å². The third kappa shape index (κ3) is 11.9. The first-order valence-corrected chi connectivity index (χ1v) is 15.5. The van der Waals surface area contributed by atoms with Crippen molar-refractivity contribution < 1.29 is 0 Å². The molecular weight excluding hydrogens is 512 g/mol. The fourth-order valence-corrected chi connectivity index (χ4v) is 5.33. The molecule has 1 heterocycles. The van der Waals surface area contributed by atoms with Crippen LogP contribution in [0, 0.1) is 17.3 Å². The van der Waals surface area contributed by atoms with E-state index < -0.39 is 0 Å². The molecule has 0 aliphatic heterocycles. The van der Waals surface area contributed by atoms with Crippen LogP contribution >= 0.6 is 0 Å². The fourth-order valence-electron chi connectivity index (χ4n) is 5.33. The predicted molar refractivity (Wildman–Crippen MR) is 182 cm³/mol. The Morgan fingerprint density at radius 3 is 2.36 bits per heavy atom. The first-order chi connectivity index (χ1) is 20.3. The molecule has 0 fully saturated rings. The summed E-state index contributed by atoms with van der Waals surface area (Å²) < 4.78 is 0. The van der Waals surface area contributed by atoms with Crippen LogP contribution in [0.3, 0.4) is 0 Å². The lowest BCUT2D eigenvalue weighted by Gasteiger charge is -2.31. The van der Waals surface area contributed by atoms with Gasteiger partial charge in [-0.15, -0.1) is 0 Å². The second-order valence-electron chi connectivity index (χ2n) is 12.2. The summed E-state index contributed by atoms with van der Waals surface area (Å²) in [4.78, 5) is 14.4. The summed E-state index contributed by atoms with van der Waals surface area (Å²) in [7, 11) is 0. The summed E-state index contributed by atoms with van der Waals surface area (Å²) in [5.41, 5.74) is 5.13. The molecular formula is C38H52N4. The molecule has 0 saturated carbocycles. The van der Waals surface area contributed by atoms with Crippen LogP contribution in [0.2, 0.25) is 0 Å². The molecule has 0 radical (unpaired) electrons. The Kier molecular flexibility index (Phi) is 13.9. The maximum atomic E-state index is 4.67. The van der Waals surface area contributed by atoms with Crippen LogP contribution in [0.4, 0.5) is 0 Å². The number of aliphatic imine (C=N–C) groups is 1. The van der Waals surface area contributed by atoms with Gasteiger partial charge in [-0.3, -0.25) is 19.8 Å². The highest BCUT2D eigenvalue weighted by atomic mass is 15.2. The van der Waals surface area contributed by atoms with Gasteiger partial charge in [0.2, 0.25) is 0 Å². The van der Waals surface area contributed by atoms with Crippen LogP contribution < -0.4 is 0 Å². The molecule has 4 heteroatoms. The number of hydrogen-bond acceptors (Lipinski definition) is 4. The van der Waals surface area contributed by atoms with E-state index in [2.05, 4.69) is 139 Å². The van der Waals surface area contributed by atoms with Crippen LogP contribution in [-0.2, 0) is 6.54 Å². The van der Waals surface area contributed by atoms with E-state index in [1.807, 2.05) is 19.2 Å². The number of rotatable bonds is 13. The number of aromatic nitrogens is 1. The van der Waals surface area contributed by atoms with Gasteiger partial charge in [-0.2, -0.15) is 0 Å². The first-order valence-electron chi connectivity index (χ1n) is 15.5. The molecule has 2 aliphatic rings. The fraction of sp³-hybridized carbons (Fsp3) is 0.421. The maximum Gasteiger partial charge on any atom is 0.0544 e. The molecule has 1 aromatic heterocycles. The molecule has 42 heavy (non-hydrogen) atoms. The van der Waals surface area contributed by atoms with Gasteiger partial charge >= 0.3 is 0 Å². The minimum Gasteiger partial charge on any atom is -0.292 e. The van der Waals surface area contributed by atoms with Crippen LogP contribution in [0.1, 0.15) is 53.2 Å². The summed E-state index contributed by atoms with van der Waals surface area (Å²) in [5, 5.41) is 0. The normalized spacial score (nSPS) is 26.6. The van der Waals surface area contributed by atoms with Gasteiger partial charge in [0, 0.05) is 57.1 Å². The van der Waals surface area contributed by atoms with Gasteiger partial charge in [-0.1, -0.05) is 118 Å². The summed E-state index contributed by atoms with van der Waals surface area (Å²) in [6.45, 7) is 20.4.